The lowest BCUT2D eigenvalue weighted by molar-refractivity contribution is 0.512. The van der Waals surface area contributed by atoms with Crippen molar-refractivity contribution >= 4 is 41.2 Å². The average Bonchev–Trinajstić information content (AvgIpc) is 3.40. The first-order valence-electron chi connectivity index (χ1n) is 11.5. The van der Waals surface area contributed by atoms with Crippen LogP contribution < -0.4 is 5.69 Å². The standard InChI is InChI=1S/C28H24Cl2N4OS/c1-33-25(18-28(10-5-11-32-28)17-20-8-12-31-13-9-20)26(36-24-15-22(29)14-23(30)16-24)34(27(33)35)19-21-6-3-2-4-7-21/h2-16H,17-19H2,1H3. The van der Waals surface area contributed by atoms with Crippen LogP contribution in [0.4, 0.5) is 0 Å². The van der Waals surface area contributed by atoms with Crippen LogP contribution in [0.15, 0.2) is 105 Å². The molecule has 1 atom stereocenters. The lowest BCUT2D eigenvalue weighted by Crippen LogP contribution is -2.30. The molecule has 3 heterocycles. The second kappa shape index (κ2) is 10.5. The van der Waals surface area contributed by atoms with Crippen LogP contribution >= 0.6 is 35.0 Å². The quantitative estimate of drug-likeness (QED) is 0.268. The SMILES string of the molecule is Cn1c(CC2(Cc3ccncc3)C=CC=N2)c(Sc2cc(Cl)cc(Cl)c2)n(Cc2ccccc2)c1=O. The molecule has 8 heteroatoms. The van der Waals surface area contributed by atoms with Gasteiger partial charge in [-0.2, -0.15) is 0 Å². The van der Waals surface area contributed by atoms with Gasteiger partial charge in [0.05, 0.1) is 17.8 Å². The van der Waals surface area contributed by atoms with Crippen LogP contribution in [0.5, 0.6) is 0 Å². The number of halogens is 2. The molecule has 0 saturated carbocycles. The second-order valence-corrected chi connectivity index (χ2v) is 10.8. The summed E-state index contributed by atoms with van der Waals surface area (Å²) in [5, 5.41) is 1.96. The Morgan fingerprint density at radius 1 is 0.944 bits per heavy atom. The monoisotopic (exact) mass is 534 g/mol. The number of pyridine rings is 1. The number of aromatic nitrogens is 3. The first kappa shape index (κ1) is 24.6. The van der Waals surface area contributed by atoms with Gasteiger partial charge in [-0.05, 0) is 47.5 Å². The summed E-state index contributed by atoms with van der Waals surface area (Å²) in [5.41, 5.74) is 2.53. The molecule has 0 N–H and O–H groups in total. The Hall–Kier alpha value is -3.06. The molecule has 1 unspecified atom stereocenters. The van der Waals surface area contributed by atoms with E-state index in [0.717, 1.165) is 26.7 Å². The summed E-state index contributed by atoms with van der Waals surface area (Å²) in [6.45, 7) is 0.459. The van der Waals surface area contributed by atoms with E-state index in [1.165, 1.54) is 11.8 Å². The van der Waals surface area contributed by atoms with Gasteiger partial charge in [-0.15, -0.1) is 0 Å². The van der Waals surface area contributed by atoms with Gasteiger partial charge in [-0.25, -0.2) is 4.79 Å². The summed E-state index contributed by atoms with van der Waals surface area (Å²) in [5.74, 6) is 0. The number of benzene rings is 2. The highest BCUT2D eigenvalue weighted by atomic mass is 35.5. The van der Waals surface area contributed by atoms with Gasteiger partial charge >= 0.3 is 5.69 Å². The van der Waals surface area contributed by atoms with E-state index in [1.54, 1.807) is 23.0 Å². The molecule has 0 bridgehead atoms. The van der Waals surface area contributed by atoms with Gasteiger partial charge in [0, 0.05) is 53.4 Å². The van der Waals surface area contributed by atoms with Gasteiger partial charge in [0.25, 0.3) is 0 Å². The molecule has 36 heavy (non-hydrogen) atoms. The maximum atomic E-state index is 13.6. The van der Waals surface area contributed by atoms with Gasteiger partial charge in [-0.3, -0.25) is 19.1 Å². The number of hydrogen-bond donors (Lipinski definition) is 0. The summed E-state index contributed by atoms with van der Waals surface area (Å²) >= 11 is 14.1. The molecule has 2 aromatic heterocycles. The van der Waals surface area contributed by atoms with E-state index >= 15 is 0 Å². The van der Waals surface area contributed by atoms with Crippen molar-refractivity contribution in [2.24, 2.45) is 12.0 Å². The molecule has 0 amide bonds. The van der Waals surface area contributed by atoms with Gasteiger partial charge in [0.15, 0.2) is 0 Å². The fourth-order valence-corrected chi connectivity index (χ4v) is 6.30. The minimum atomic E-state index is -0.494. The topological polar surface area (TPSA) is 52.2 Å². The van der Waals surface area contributed by atoms with Crippen LogP contribution in [-0.4, -0.2) is 25.9 Å². The number of aliphatic imine (C=N–C) groups is 1. The molecule has 1 aliphatic heterocycles. The van der Waals surface area contributed by atoms with E-state index in [9.17, 15) is 4.79 Å². The Kier molecular flexibility index (Phi) is 7.19. The van der Waals surface area contributed by atoms with E-state index in [0.29, 0.717) is 29.4 Å². The van der Waals surface area contributed by atoms with Gasteiger partial charge < -0.3 is 0 Å². The van der Waals surface area contributed by atoms with Gasteiger partial charge in [-0.1, -0.05) is 71.4 Å². The van der Waals surface area contributed by atoms with Crippen molar-refractivity contribution in [2.45, 2.75) is 34.8 Å². The van der Waals surface area contributed by atoms with Crippen LogP contribution in [0.3, 0.4) is 0 Å². The molecule has 2 aromatic carbocycles. The zero-order valence-electron chi connectivity index (χ0n) is 19.6. The van der Waals surface area contributed by atoms with E-state index < -0.39 is 5.54 Å². The number of imidazole rings is 1. The lowest BCUT2D eigenvalue weighted by Gasteiger charge is -2.25. The van der Waals surface area contributed by atoms with E-state index in [1.807, 2.05) is 78.5 Å². The molecule has 182 valence electrons. The molecule has 0 radical (unpaired) electrons. The van der Waals surface area contributed by atoms with E-state index in [4.69, 9.17) is 28.2 Å². The van der Waals surface area contributed by atoms with Gasteiger partial charge in [0.1, 0.15) is 5.03 Å². The molecular formula is C28H24Cl2N4OS. The normalized spacial score (nSPS) is 16.6. The summed E-state index contributed by atoms with van der Waals surface area (Å²) in [4.78, 5) is 23.4. The molecule has 0 spiro atoms. The molecule has 4 aromatic rings. The number of nitrogens with zero attached hydrogens (tertiary/aromatic N) is 4. The lowest BCUT2D eigenvalue weighted by atomic mass is 9.88. The number of allylic oxidation sites excluding steroid dienone is 1. The molecule has 1 aliphatic rings. The average molecular weight is 536 g/mol. The molecule has 5 rings (SSSR count). The van der Waals surface area contributed by atoms with Crippen molar-refractivity contribution in [3.63, 3.8) is 0 Å². The Morgan fingerprint density at radius 2 is 1.67 bits per heavy atom. The number of hydrogen-bond acceptors (Lipinski definition) is 4. The highest BCUT2D eigenvalue weighted by Gasteiger charge is 2.33. The Labute approximate surface area is 224 Å². The Morgan fingerprint density at radius 3 is 2.33 bits per heavy atom. The largest absolute Gasteiger partial charge is 0.329 e. The third-order valence-electron chi connectivity index (χ3n) is 6.21. The van der Waals surface area contributed by atoms with Crippen molar-refractivity contribution < 1.29 is 0 Å². The summed E-state index contributed by atoms with van der Waals surface area (Å²) in [6, 6.07) is 19.4. The third-order valence-corrected chi connectivity index (χ3v) is 7.76. The van der Waals surface area contributed by atoms with Crippen LogP contribution in [0, 0.1) is 0 Å². The van der Waals surface area contributed by atoms with Crippen LogP contribution in [0.2, 0.25) is 10.0 Å². The van der Waals surface area contributed by atoms with Crippen LogP contribution in [0.25, 0.3) is 0 Å². The van der Waals surface area contributed by atoms with E-state index in [-0.39, 0.29) is 5.69 Å². The fraction of sp³-hybridized carbons (Fsp3) is 0.179. The summed E-state index contributed by atoms with van der Waals surface area (Å²) in [7, 11) is 1.83. The molecule has 0 aliphatic carbocycles. The predicted molar refractivity (Wildman–Crippen MR) is 148 cm³/mol. The molecule has 5 nitrogen and oxygen atoms in total. The summed E-state index contributed by atoms with van der Waals surface area (Å²) < 4.78 is 3.57. The zero-order valence-corrected chi connectivity index (χ0v) is 22.0. The molecule has 0 fully saturated rings. The Bertz CT molecular complexity index is 1460. The second-order valence-electron chi connectivity index (χ2n) is 8.82. The van der Waals surface area contributed by atoms with Crippen molar-refractivity contribution in [1.82, 2.24) is 14.1 Å². The Balaban J connectivity index is 1.60. The maximum Gasteiger partial charge on any atom is 0.329 e. The molecule has 0 saturated heterocycles. The minimum Gasteiger partial charge on any atom is -0.298 e. The van der Waals surface area contributed by atoms with Crippen molar-refractivity contribution in [2.75, 3.05) is 0 Å². The third kappa shape index (κ3) is 5.36. The van der Waals surface area contributed by atoms with E-state index in [2.05, 4.69) is 11.1 Å². The maximum absolute atomic E-state index is 13.6. The minimum absolute atomic E-state index is 0.0745. The van der Waals surface area contributed by atoms with Crippen LogP contribution in [0.1, 0.15) is 16.8 Å². The van der Waals surface area contributed by atoms with Crippen molar-refractivity contribution in [1.29, 1.82) is 0 Å². The first-order chi connectivity index (χ1) is 17.4. The smallest absolute Gasteiger partial charge is 0.298 e. The summed E-state index contributed by atoms with van der Waals surface area (Å²) in [6.07, 6.45) is 10.8. The highest BCUT2D eigenvalue weighted by Crippen LogP contribution is 2.37. The zero-order chi connectivity index (χ0) is 25.1. The number of rotatable bonds is 8. The van der Waals surface area contributed by atoms with Crippen molar-refractivity contribution in [3.05, 3.63) is 123 Å². The predicted octanol–water partition coefficient (Wildman–Crippen LogP) is 6.25. The molecular weight excluding hydrogens is 511 g/mol. The van der Waals surface area contributed by atoms with Crippen LogP contribution in [-0.2, 0) is 26.4 Å². The highest BCUT2D eigenvalue weighted by molar-refractivity contribution is 7.99. The van der Waals surface area contributed by atoms with Crippen molar-refractivity contribution in [3.8, 4) is 0 Å². The first-order valence-corrected chi connectivity index (χ1v) is 13.1. The van der Waals surface area contributed by atoms with Gasteiger partial charge in [0.2, 0.25) is 0 Å². The fourth-order valence-electron chi connectivity index (χ4n) is 4.47.